The van der Waals surface area contributed by atoms with Gasteiger partial charge in [0.25, 0.3) is 0 Å². The van der Waals surface area contributed by atoms with E-state index in [1.54, 1.807) is 6.26 Å². The molecule has 5 heteroatoms. The van der Waals surface area contributed by atoms with Gasteiger partial charge in [0.05, 0.1) is 19.0 Å². The third-order valence-corrected chi connectivity index (χ3v) is 3.84. The van der Waals surface area contributed by atoms with E-state index in [9.17, 15) is 5.11 Å². The van der Waals surface area contributed by atoms with Crippen LogP contribution in [0, 0.1) is 0 Å². The van der Waals surface area contributed by atoms with Crippen molar-refractivity contribution in [1.82, 2.24) is 0 Å². The molecule has 112 valence electrons. The molecular formula is C16H18ClNO3. The highest BCUT2D eigenvalue weighted by atomic mass is 35.5. The molecule has 3 rings (SSSR count). The van der Waals surface area contributed by atoms with Gasteiger partial charge in [0.15, 0.2) is 0 Å². The average Bonchev–Trinajstić information content (AvgIpc) is 3.09. The van der Waals surface area contributed by atoms with Crippen LogP contribution in [0.3, 0.4) is 0 Å². The lowest BCUT2D eigenvalue weighted by atomic mass is 10.2. The second kappa shape index (κ2) is 6.52. The minimum atomic E-state index is -0.537. The van der Waals surface area contributed by atoms with Gasteiger partial charge in [0.1, 0.15) is 12.4 Å². The van der Waals surface area contributed by atoms with Crippen molar-refractivity contribution in [3.05, 3.63) is 52.9 Å². The number of fused-ring (bicyclic) bond motifs is 1. The molecule has 0 spiro atoms. The molecule has 21 heavy (non-hydrogen) atoms. The van der Waals surface area contributed by atoms with Gasteiger partial charge >= 0.3 is 0 Å². The largest absolute Gasteiger partial charge is 0.467 e. The number of rotatable bonds is 6. The van der Waals surface area contributed by atoms with E-state index in [4.69, 9.17) is 20.8 Å². The van der Waals surface area contributed by atoms with E-state index in [0.717, 1.165) is 29.4 Å². The average molecular weight is 308 g/mol. The van der Waals surface area contributed by atoms with Gasteiger partial charge in [-0.15, -0.1) is 0 Å². The lowest BCUT2D eigenvalue weighted by molar-refractivity contribution is 0.0257. The number of nitrogens with zero attached hydrogens (tertiary/aromatic N) is 1. The van der Waals surface area contributed by atoms with E-state index in [-0.39, 0.29) is 6.61 Å². The summed E-state index contributed by atoms with van der Waals surface area (Å²) in [6, 6.07) is 9.59. The molecule has 1 aliphatic heterocycles. The molecule has 0 saturated heterocycles. The Morgan fingerprint density at radius 3 is 3.10 bits per heavy atom. The van der Waals surface area contributed by atoms with E-state index in [0.29, 0.717) is 13.2 Å². The zero-order chi connectivity index (χ0) is 14.7. The predicted octanol–water partition coefficient (Wildman–Crippen LogP) is 2.87. The molecule has 1 N–H and O–H groups in total. The van der Waals surface area contributed by atoms with Gasteiger partial charge in [0, 0.05) is 23.8 Å². The lowest BCUT2D eigenvalue weighted by Gasteiger charge is -2.23. The topological polar surface area (TPSA) is 45.8 Å². The Kier molecular flexibility index (Phi) is 4.48. The first kappa shape index (κ1) is 14.4. The van der Waals surface area contributed by atoms with Crippen LogP contribution in [0.5, 0.6) is 0 Å². The maximum atomic E-state index is 10.1. The van der Waals surface area contributed by atoms with E-state index in [2.05, 4.69) is 11.0 Å². The van der Waals surface area contributed by atoms with Crippen LogP contribution < -0.4 is 4.90 Å². The van der Waals surface area contributed by atoms with Crippen LogP contribution in [-0.4, -0.2) is 30.9 Å². The molecule has 2 heterocycles. The molecule has 0 radical (unpaired) electrons. The Labute approximate surface area is 128 Å². The number of benzene rings is 1. The van der Waals surface area contributed by atoms with Crippen LogP contribution in [0.15, 0.2) is 41.0 Å². The number of aliphatic hydroxyl groups excluding tert-OH is 1. The SMILES string of the molecule is OC(COCc1ccco1)CN1CCc2ccc(Cl)cc21. The summed E-state index contributed by atoms with van der Waals surface area (Å²) in [6.07, 6.45) is 2.07. The first-order valence-electron chi connectivity index (χ1n) is 7.04. The third kappa shape index (κ3) is 3.59. The Hall–Kier alpha value is -1.49. The summed E-state index contributed by atoms with van der Waals surface area (Å²) in [5.41, 5.74) is 2.40. The molecule has 0 fully saturated rings. The van der Waals surface area contributed by atoms with Crippen molar-refractivity contribution in [2.24, 2.45) is 0 Å². The van der Waals surface area contributed by atoms with Crippen LogP contribution in [0.25, 0.3) is 0 Å². The quantitative estimate of drug-likeness (QED) is 0.891. The fourth-order valence-electron chi connectivity index (χ4n) is 2.61. The normalized spacial score (nSPS) is 15.2. The Bertz CT molecular complexity index is 585. The molecule has 1 unspecified atom stereocenters. The fraction of sp³-hybridized carbons (Fsp3) is 0.375. The first-order valence-corrected chi connectivity index (χ1v) is 7.42. The third-order valence-electron chi connectivity index (χ3n) is 3.60. The monoisotopic (exact) mass is 307 g/mol. The standard InChI is InChI=1S/C16H18ClNO3/c17-13-4-3-12-5-6-18(16(12)8-13)9-14(19)10-20-11-15-2-1-7-21-15/h1-4,7-8,14,19H,5-6,9-11H2. The van der Waals surface area contributed by atoms with Crippen molar-refractivity contribution in [2.75, 3.05) is 24.6 Å². The van der Waals surface area contributed by atoms with Gasteiger partial charge in [-0.3, -0.25) is 0 Å². The first-order chi connectivity index (χ1) is 10.2. The molecule has 4 nitrogen and oxygen atoms in total. The van der Waals surface area contributed by atoms with E-state index in [1.807, 2.05) is 24.3 Å². The summed E-state index contributed by atoms with van der Waals surface area (Å²) in [5, 5.41) is 10.8. The molecule has 1 atom stereocenters. The second-order valence-electron chi connectivity index (χ2n) is 5.22. The van der Waals surface area contributed by atoms with Gasteiger partial charge in [-0.2, -0.15) is 0 Å². The summed E-state index contributed by atoms with van der Waals surface area (Å²) in [5.74, 6) is 0.764. The number of hydrogen-bond acceptors (Lipinski definition) is 4. The Morgan fingerprint density at radius 1 is 1.38 bits per heavy atom. The highest BCUT2D eigenvalue weighted by molar-refractivity contribution is 6.30. The second-order valence-corrected chi connectivity index (χ2v) is 5.65. The van der Waals surface area contributed by atoms with Gasteiger partial charge in [-0.1, -0.05) is 17.7 Å². The number of furan rings is 1. The molecule has 0 bridgehead atoms. The van der Waals surface area contributed by atoms with Crippen LogP contribution in [0.2, 0.25) is 5.02 Å². The van der Waals surface area contributed by atoms with Crippen molar-refractivity contribution < 1.29 is 14.3 Å². The van der Waals surface area contributed by atoms with Gasteiger partial charge in [0.2, 0.25) is 0 Å². The number of β-amino-alcohol motifs (C(OH)–C–C–N with tert-alkyl or cyclic N) is 1. The number of ether oxygens (including phenoxy) is 1. The Morgan fingerprint density at radius 2 is 2.29 bits per heavy atom. The maximum Gasteiger partial charge on any atom is 0.129 e. The van der Waals surface area contributed by atoms with Gasteiger partial charge in [-0.25, -0.2) is 0 Å². The van der Waals surface area contributed by atoms with Crippen molar-refractivity contribution in [1.29, 1.82) is 0 Å². The van der Waals surface area contributed by atoms with Crippen molar-refractivity contribution >= 4 is 17.3 Å². The molecule has 0 amide bonds. The number of hydrogen-bond donors (Lipinski definition) is 1. The lowest BCUT2D eigenvalue weighted by Crippen LogP contribution is -2.33. The van der Waals surface area contributed by atoms with Crippen molar-refractivity contribution in [2.45, 2.75) is 19.1 Å². The van der Waals surface area contributed by atoms with Crippen LogP contribution in [0.4, 0.5) is 5.69 Å². The zero-order valence-electron chi connectivity index (χ0n) is 11.7. The summed E-state index contributed by atoms with van der Waals surface area (Å²) in [6.45, 7) is 2.12. The number of aliphatic hydroxyl groups is 1. The summed E-state index contributed by atoms with van der Waals surface area (Å²) >= 11 is 6.04. The molecule has 0 saturated carbocycles. The summed E-state index contributed by atoms with van der Waals surface area (Å²) in [7, 11) is 0. The van der Waals surface area contributed by atoms with Gasteiger partial charge in [-0.05, 0) is 36.2 Å². The highest BCUT2D eigenvalue weighted by Crippen LogP contribution is 2.30. The zero-order valence-corrected chi connectivity index (χ0v) is 12.4. The predicted molar refractivity (Wildman–Crippen MR) is 81.7 cm³/mol. The molecular weight excluding hydrogens is 290 g/mol. The van der Waals surface area contributed by atoms with E-state index < -0.39 is 6.10 Å². The minimum absolute atomic E-state index is 0.285. The Balaban J connectivity index is 1.50. The van der Waals surface area contributed by atoms with E-state index in [1.165, 1.54) is 5.56 Å². The fourth-order valence-corrected chi connectivity index (χ4v) is 2.77. The van der Waals surface area contributed by atoms with Crippen LogP contribution >= 0.6 is 11.6 Å². The smallest absolute Gasteiger partial charge is 0.129 e. The minimum Gasteiger partial charge on any atom is -0.467 e. The van der Waals surface area contributed by atoms with Crippen LogP contribution in [-0.2, 0) is 17.8 Å². The molecule has 0 aliphatic carbocycles. The van der Waals surface area contributed by atoms with Crippen LogP contribution in [0.1, 0.15) is 11.3 Å². The van der Waals surface area contributed by atoms with E-state index >= 15 is 0 Å². The molecule has 2 aromatic rings. The number of halogens is 1. The summed E-state index contributed by atoms with van der Waals surface area (Å²) in [4.78, 5) is 2.15. The summed E-state index contributed by atoms with van der Waals surface area (Å²) < 4.78 is 10.6. The van der Waals surface area contributed by atoms with Crippen molar-refractivity contribution in [3.63, 3.8) is 0 Å². The highest BCUT2D eigenvalue weighted by Gasteiger charge is 2.21. The molecule has 1 aliphatic rings. The maximum absolute atomic E-state index is 10.1. The molecule has 1 aromatic carbocycles. The molecule has 1 aromatic heterocycles. The van der Waals surface area contributed by atoms with Gasteiger partial charge < -0.3 is 19.2 Å². The number of anilines is 1. The van der Waals surface area contributed by atoms with Crippen molar-refractivity contribution in [3.8, 4) is 0 Å².